The van der Waals surface area contributed by atoms with Crippen LogP contribution in [0.1, 0.15) is 86.7 Å². The number of allylic oxidation sites excluding steroid dienone is 1. The molecule has 2 aromatic rings. The van der Waals surface area contributed by atoms with Crippen molar-refractivity contribution in [3.05, 3.63) is 64.2 Å². The summed E-state index contributed by atoms with van der Waals surface area (Å²) in [5.74, 6) is 0.976. The van der Waals surface area contributed by atoms with Gasteiger partial charge in [-0.25, -0.2) is 0 Å². The molecular formula is C26H33Cl2Zr. The Morgan fingerprint density at radius 1 is 1.00 bits per heavy atom. The van der Waals surface area contributed by atoms with Gasteiger partial charge in [-0.15, -0.1) is 0 Å². The first-order valence-electron chi connectivity index (χ1n) is 10.7. The van der Waals surface area contributed by atoms with E-state index in [4.69, 9.17) is 17.0 Å². The second-order valence-electron chi connectivity index (χ2n) is 9.66. The molecule has 0 heterocycles. The molecule has 155 valence electrons. The first-order chi connectivity index (χ1) is 13.6. The summed E-state index contributed by atoms with van der Waals surface area (Å²) in [4.78, 5) is 0. The van der Waals surface area contributed by atoms with E-state index in [0.29, 0.717) is 11.8 Å². The predicted octanol–water partition coefficient (Wildman–Crippen LogP) is 9.18. The van der Waals surface area contributed by atoms with Crippen molar-refractivity contribution in [3.8, 4) is 11.1 Å². The van der Waals surface area contributed by atoms with Crippen LogP contribution in [-0.2, 0) is 24.8 Å². The summed E-state index contributed by atoms with van der Waals surface area (Å²) in [6.45, 7) is 16.1. The first-order valence-corrected chi connectivity index (χ1v) is 18.5. The van der Waals surface area contributed by atoms with E-state index in [1.165, 1.54) is 39.0 Å². The molecule has 0 amide bonds. The third-order valence-corrected chi connectivity index (χ3v) is 11.5. The standard InChI is InChI=1S/C26H33.2ClH.Zr/c1-8-18(4)20-15-19-13-14-24(26(5,6)7)25(23(19)16-20)22-12-10-9-11-21(22)17(2)3;;;/h9-18H,8H2,1-7H3;2*1H;/q;;;+2/p-2. The van der Waals surface area contributed by atoms with Crippen molar-refractivity contribution >= 4 is 23.1 Å². The van der Waals surface area contributed by atoms with Crippen molar-refractivity contribution in [2.45, 2.75) is 69.8 Å². The Morgan fingerprint density at radius 3 is 2.21 bits per heavy atom. The van der Waals surface area contributed by atoms with Gasteiger partial charge in [0.15, 0.2) is 0 Å². The van der Waals surface area contributed by atoms with Gasteiger partial charge < -0.3 is 0 Å². The van der Waals surface area contributed by atoms with Gasteiger partial charge in [0, 0.05) is 0 Å². The minimum absolute atomic E-state index is 0.0560. The van der Waals surface area contributed by atoms with Gasteiger partial charge in [0.2, 0.25) is 0 Å². The predicted molar refractivity (Wildman–Crippen MR) is 127 cm³/mol. The molecule has 0 spiro atoms. The normalized spacial score (nSPS) is 17.3. The van der Waals surface area contributed by atoms with Gasteiger partial charge in [-0.2, -0.15) is 0 Å². The Kier molecular flexibility index (Phi) is 7.25. The Balaban J connectivity index is 2.39. The van der Waals surface area contributed by atoms with Crippen molar-refractivity contribution in [2.75, 3.05) is 0 Å². The molecule has 1 aliphatic carbocycles. The van der Waals surface area contributed by atoms with Crippen LogP contribution < -0.4 is 0 Å². The molecule has 0 saturated carbocycles. The SMILES string of the molecule is CCC(C)C1=Cc2c(ccc(C(C)(C)C)c2-c2ccccc2C(C)C)[CH]1[Zr]([Cl])[Cl]. The average Bonchev–Trinajstić information content (AvgIpc) is 3.05. The van der Waals surface area contributed by atoms with Crippen molar-refractivity contribution in [1.82, 2.24) is 0 Å². The average molecular weight is 508 g/mol. The van der Waals surface area contributed by atoms with Crippen LogP contribution in [0.3, 0.4) is 0 Å². The van der Waals surface area contributed by atoms with Crippen LogP contribution in [0.2, 0.25) is 0 Å². The van der Waals surface area contributed by atoms with Gasteiger partial charge in [0.05, 0.1) is 0 Å². The molecule has 1 aliphatic rings. The molecule has 0 bridgehead atoms. The fraction of sp³-hybridized carbons (Fsp3) is 0.462. The van der Waals surface area contributed by atoms with Crippen LogP contribution in [0.4, 0.5) is 0 Å². The molecule has 0 aliphatic heterocycles. The maximum atomic E-state index is 6.74. The molecule has 2 atom stereocenters. The molecule has 3 heteroatoms. The van der Waals surface area contributed by atoms with Crippen molar-refractivity contribution < 1.29 is 19.4 Å². The molecule has 2 unspecified atom stereocenters. The molecule has 0 N–H and O–H groups in total. The van der Waals surface area contributed by atoms with E-state index in [1.54, 1.807) is 0 Å². The number of rotatable bonds is 5. The van der Waals surface area contributed by atoms with Crippen LogP contribution in [0.25, 0.3) is 17.2 Å². The van der Waals surface area contributed by atoms with E-state index in [9.17, 15) is 0 Å². The van der Waals surface area contributed by atoms with Gasteiger partial charge in [0.1, 0.15) is 0 Å². The van der Waals surface area contributed by atoms with E-state index in [2.05, 4.69) is 90.9 Å². The first kappa shape index (κ1) is 23.3. The van der Waals surface area contributed by atoms with E-state index >= 15 is 0 Å². The van der Waals surface area contributed by atoms with Crippen LogP contribution in [0, 0.1) is 5.92 Å². The van der Waals surface area contributed by atoms with Gasteiger partial charge in [-0.3, -0.25) is 0 Å². The Morgan fingerprint density at radius 2 is 1.66 bits per heavy atom. The van der Waals surface area contributed by atoms with Crippen LogP contribution >= 0.6 is 17.0 Å². The third-order valence-electron chi connectivity index (χ3n) is 6.29. The van der Waals surface area contributed by atoms with Crippen LogP contribution in [0.15, 0.2) is 42.0 Å². The summed E-state index contributed by atoms with van der Waals surface area (Å²) >= 11 is -2.53. The topological polar surface area (TPSA) is 0 Å². The number of halogens is 2. The zero-order valence-corrected chi connectivity index (χ0v) is 22.7. The zero-order chi connectivity index (χ0) is 21.5. The monoisotopic (exact) mass is 505 g/mol. The van der Waals surface area contributed by atoms with Crippen molar-refractivity contribution in [2.24, 2.45) is 5.92 Å². The summed E-state index contributed by atoms with van der Waals surface area (Å²) in [6.07, 6.45) is 3.56. The van der Waals surface area contributed by atoms with E-state index < -0.39 is 19.4 Å². The molecule has 29 heavy (non-hydrogen) atoms. The quantitative estimate of drug-likeness (QED) is 0.378. The van der Waals surface area contributed by atoms with Crippen molar-refractivity contribution in [1.29, 1.82) is 0 Å². The van der Waals surface area contributed by atoms with Gasteiger partial charge >= 0.3 is 194 Å². The van der Waals surface area contributed by atoms with E-state index in [0.717, 1.165) is 6.42 Å². The molecular weight excluding hydrogens is 474 g/mol. The fourth-order valence-electron chi connectivity index (χ4n) is 4.52. The fourth-order valence-corrected chi connectivity index (χ4v) is 10.1. The maximum absolute atomic E-state index is 6.74. The zero-order valence-electron chi connectivity index (χ0n) is 18.7. The molecule has 3 rings (SSSR count). The minimum atomic E-state index is -2.53. The molecule has 2 aromatic carbocycles. The van der Waals surface area contributed by atoms with Crippen molar-refractivity contribution in [3.63, 3.8) is 0 Å². The number of fused-ring (bicyclic) bond motifs is 1. The van der Waals surface area contributed by atoms with E-state index in [1.807, 2.05) is 0 Å². The Labute approximate surface area is 192 Å². The molecule has 0 radical (unpaired) electrons. The Hall–Kier alpha value is -0.357. The number of benzene rings is 2. The van der Waals surface area contributed by atoms with Crippen LogP contribution in [0.5, 0.6) is 0 Å². The van der Waals surface area contributed by atoms with Gasteiger partial charge in [-0.1, -0.05) is 0 Å². The Bertz CT molecular complexity index is 919. The van der Waals surface area contributed by atoms with E-state index in [-0.39, 0.29) is 9.04 Å². The summed E-state index contributed by atoms with van der Waals surface area (Å²) in [5, 5.41) is 0. The molecule has 0 saturated heterocycles. The summed E-state index contributed by atoms with van der Waals surface area (Å²) in [5.41, 5.74) is 9.80. The summed E-state index contributed by atoms with van der Waals surface area (Å²) in [7, 11) is 13.5. The number of hydrogen-bond donors (Lipinski definition) is 0. The van der Waals surface area contributed by atoms with Crippen LogP contribution in [-0.4, -0.2) is 0 Å². The molecule has 0 aromatic heterocycles. The molecule has 0 fully saturated rings. The summed E-state index contributed by atoms with van der Waals surface area (Å²) < 4.78 is 0.268. The molecule has 0 nitrogen and oxygen atoms in total. The summed E-state index contributed by atoms with van der Waals surface area (Å²) in [6, 6.07) is 13.6. The van der Waals surface area contributed by atoms with Gasteiger partial charge in [0.25, 0.3) is 0 Å². The third kappa shape index (κ3) is 4.49. The second kappa shape index (κ2) is 9.02. The second-order valence-corrected chi connectivity index (χ2v) is 18.5. The number of hydrogen-bond acceptors (Lipinski definition) is 0. The van der Waals surface area contributed by atoms with Gasteiger partial charge in [-0.05, 0) is 0 Å².